The topological polar surface area (TPSA) is 30.7 Å². The zero-order chi connectivity index (χ0) is 28.9. The Bertz CT molecular complexity index is 1400. The van der Waals surface area contributed by atoms with Crippen molar-refractivity contribution in [3.05, 3.63) is 89.2 Å². The first-order valence-corrected chi connectivity index (χ1v) is 15.3. The summed E-state index contributed by atoms with van der Waals surface area (Å²) in [5.74, 6) is 1.98. The second kappa shape index (κ2) is 12.5. The lowest BCUT2D eigenvalue weighted by molar-refractivity contribution is 0.416. The summed E-state index contributed by atoms with van der Waals surface area (Å²) in [5.41, 5.74) is 8.79. The van der Waals surface area contributed by atoms with Crippen molar-refractivity contribution < 1.29 is 0 Å². The van der Waals surface area contributed by atoms with Crippen LogP contribution in [0.4, 0.5) is 0 Å². The van der Waals surface area contributed by atoms with Crippen molar-refractivity contribution in [3.8, 4) is 28.2 Å². The molecular weight excluding hydrogens is 486 g/mol. The fourth-order valence-corrected chi connectivity index (χ4v) is 5.65. The molecule has 0 fully saturated rings. The van der Waals surface area contributed by atoms with Gasteiger partial charge in [-0.15, -0.1) is 10.2 Å². The predicted molar refractivity (Wildman–Crippen MR) is 171 cm³/mol. The van der Waals surface area contributed by atoms with Gasteiger partial charge in [-0.25, -0.2) is 0 Å². The molecule has 0 saturated heterocycles. The first kappa shape index (κ1) is 29.8. The van der Waals surface area contributed by atoms with E-state index in [0.29, 0.717) is 0 Å². The molecule has 0 aliphatic heterocycles. The predicted octanol–water partition coefficient (Wildman–Crippen LogP) is 10.4. The maximum absolute atomic E-state index is 4.92. The highest BCUT2D eigenvalue weighted by atomic mass is 15.3. The Morgan fingerprint density at radius 1 is 0.700 bits per heavy atom. The van der Waals surface area contributed by atoms with Crippen LogP contribution >= 0.6 is 0 Å². The van der Waals surface area contributed by atoms with Crippen LogP contribution in [0.2, 0.25) is 0 Å². The standard InChI is InChI=1S/C37H49N3/c1-9-11-12-13-24-37(7,8)35-39-38-34(40(35)33-23-18-27(3)25-30(33)15-10-2)31-17-14-16-29(26-31)28-19-21-32(22-20-28)36(4,5)6/h14,16-23,25-26H,9-13,15,24H2,1-8H3. The molecule has 3 aromatic carbocycles. The minimum absolute atomic E-state index is 0.0895. The number of benzene rings is 3. The van der Waals surface area contributed by atoms with Crippen molar-refractivity contribution in [2.45, 2.75) is 111 Å². The van der Waals surface area contributed by atoms with Crippen molar-refractivity contribution in [3.63, 3.8) is 0 Å². The first-order valence-electron chi connectivity index (χ1n) is 15.3. The van der Waals surface area contributed by atoms with Gasteiger partial charge in [0.25, 0.3) is 0 Å². The van der Waals surface area contributed by atoms with Gasteiger partial charge in [-0.05, 0) is 59.6 Å². The lowest BCUT2D eigenvalue weighted by atomic mass is 9.85. The highest BCUT2D eigenvalue weighted by molar-refractivity contribution is 5.71. The van der Waals surface area contributed by atoms with Crippen LogP contribution in [-0.4, -0.2) is 14.8 Å². The van der Waals surface area contributed by atoms with Gasteiger partial charge in [-0.1, -0.05) is 141 Å². The minimum Gasteiger partial charge on any atom is -0.278 e. The smallest absolute Gasteiger partial charge is 0.168 e. The third kappa shape index (κ3) is 6.74. The number of nitrogens with zero attached hydrogens (tertiary/aromatic N) is 3. The molecular formula is C37H49N3. The lowest BCUT2D eigenvalue weighted by Gasteiger charge is -2.26. The third-order valence-electron chi connectivity index (χ3n) is 8.12. The second-order valence-corrected chi connectivity index (χ2v) is 13.2. The molecule has 212 valence electrons. The monoisotopic (exact) mass is 535 g/mol. The van der Waals surface area contributed by atoms with Crippen LogP contribution in [-0.2, 0) is 17.3 Å². The quantitative estimate of drug-likeness (QED) is 0.179. The van der Waals surface area contributed by atoms with Gasteiger partial charge >= 0.3 is 0 Å². The van der Waals surface area contributed by atoms with E-state index in [4.69, 9.17) is 10.2 Å². The molecule has 0 unspecified atom stereocenters. The third-order valence-corrected chi connectivity index (χ3v) is 8.12. The molecule has 3 heteroatoms. The van der Waals surface area contributed by atoms with Crippen LogP contribution in [0.15, 0.2) is 66.7 Å². The summed E-state index contributed by atoms with van der Waals surface area (Å²) >= 11 is 0. The summed E-state index contributed by atoms with van der Waals surface area (Å²) in [6.07, 6.45) is 8.24. The lowest BCUT2D eigenvalue weighted by Crippen LogP contribution is -2.23. The molecule has 1 aromatic heterocycles. The molecule has 0 aliphatic rings. The molecule has 40 heavy (non-hydrogen) atoms. The fourth-order valence-electron chi connectivity index (χ4n) is 5.65. The van der Waals surface area contributed by atoms with Crippen LogP contribution in [0.25, 0.3) is 28.2 Å². The van der Waals surface area contributed by atoms with Crippen LogP contribution in [0.5, 0.6) is 0 Å². The Hall–Kier alpha value is -3.20. The average molecular weight is 536 g/mol. The van der Waals surface area contributed by atoms with Gasteiger partial charge in [-0.2, -0.15) is 0 Å². The number of rotatable bonds is 11. The minimum atomic E-state index is -0.0895. The summed E-state index contributed by atoms with van der Waals surface area (Å²) in [4.78, 5) is 0. The molecule has 0 amide bonds. The normalized spacial score (nSPS) is 12.2. The van der Waals surface area contributed by atoms with Gasteiger partial charge in [0.2, 0.25) is 0 Å². The highest BCUT2D eigenvalue weighted by Crippen LogP contribution is 2.36. The van der Waals surface area contributed by atoms with E-state index in [2.05, 4.69) is 127 Å². The van der Waals surface area contributed by atoms with Crippen LogP contribution < -0.4 is 0 Å². The number of unbranched alkanes of at least 4 members (excludes halogenated alkanes) is 3. The van der Waals surface area contributed by atoms with Gasteiger partial charge in [-0.3, -0.25) is 4.57 Å². The maximum atomic E-state index is 4.92. The van der Waals surface area contributed by atoms with E-state index in [-0.39, 0.29) is 10.8 Å². The molecule has 0 spiro atoms. The molecule has 4 aromatic rings. The van der Waals surface area contributed by atoms with E-state index in [1.54, 1.807) is 0 Å². The summed E-state index contributed by atoms with van der Waals surface area (Å²) in [5, 5.41) is 9.81. The molecule has 0 saturated carbocycles. The molecule has 1 heterocycles. The maximum Gasteiger partial charge on any atom is 0.168 e. The van der Waals surface area contributed by atoms with Gasteiger partial charge in [0.1, 0.15) is 5.82 Å². The molecule has 0 radical (unpaired) electrons. The summed E-state index contributed by atoms with van der Waals surface area (Å²) < 4.78 is 2.37. The molecule has 0 bridgehead atoms. The second-order valence-electron chi connectivity index (χ2n) is 13.2. The first-order chi connectivity index (χ1) is 19.0. The summed E-state index contributed by atoms with van der Waals surface area (Å²) in [6, 6.07) is 24.7. The van der Waals surface area contributed by atoms with E-state index in [0.717, 1.165) is 36.5 Å². The molecule has 0 atom stereocenters. The van der Waals surface area contributed by atoms with Gasteiger partial charge < -0.3 is 0 Å². The number of aromatic nitrogens is 3. The van der Waals surface area contributed by atoms with Gasteiger partial charge in [0.15, 0.2) is 5.82 Å². The van der Waals surface area contributed by atoms with E-state index < -0.39 is 0 Å². The van der Waals surface area contributed by atoms with E-state index in [9.17, 15) is 0 Å². The number of hydrogen-bond donors (Lipinski definition) is 0. The SMILES string of the molecule is CCCCCCC(C)(C)c1nnc(-c2cccc(-c3ccc(C(C)(C)C)cc3)c2)n1-c1ccc(C)cc1CCC. The zero-order valence-electron chi connectivity index (χ0n) is 26.1. The van der Waals surface area contributed by atoms with E-state index in [1.165, 1.54) is 59.2 Å². The molecule has 0 N–H and O–H groups in total. The summed E-state index contributed by atoms with van der Waals surface area (Å²) in [6.45, 7) is 18.2. The largest absolute Gasteiger partial charge is 0.278 e. The number of hydrogen-bond acceptors (Lipinski definition) is 2. The number of aryl methyl sites for hydroxylation is 2. The Morgan fingerprint density at radius 3 is 2.10 bits per heavy atom. The molecule has 3 nitrogen and oxygen atoms in total. The van der Waals surface area contributed by atoms with Gasteiger partial charge in [0, 0.05) is 11.0 Å². The van der Waals surface area contributed by atoms with Crippen LogP contribution in [0.3, 0.4) is 0 Å². The van der Waals surface area contributed by atoms with E-state index in [1.807, 2.05) is 0 Å². The Labute approximate surface area is 243 Å². The Morgan fingerprint density at radius 2 is 1.43 bits per heavy atom. The molecule has 0 aliphatic carbocycles. The van der Waals surface area contributed by atoms with Crippen molar-refractivity contribution in [2.24, 2.45) is 0 Å². The van der Waals surface area contributed by atoms with Crippen molar-refractivity contribution in [1.82, 2.24) is 14.8 Å². The van der Waals surface area contributed by atoms with Crippen LogP contribution in [0.1, 0.15) is 110 Å². The van der Waals surface area contributed by atoms with Crippen molar-refractivity contribution in [1.29, 1.82) is 0 Å². The Balaban J connectivity index is 1.83. The molecule has 4 rings (SSSR count). The zero-order valence-corrected chi connectivity index (χ0v) is 26.1. The fraction of sp³-hybridized carbons (Fsp3) is 0.459. The van der Waals surface area contributed by atoms with Crippen molar-refractivity contribution >= 4 is 0 Å². The Kier molecular flexibility index (Phi) is 9.33. The highest BCUT2D eigenvalue weighted by Gasteiger charge is 2.30. The summed E-state index contributed by atoms with van der Waals surface area (Å²) in [7, 11) is 0. The van der Waals surface area contributed by atoms with E-state index >= 15 is 0 Å². The average Bonchev–Trinajstić information content (AvgIpc) is 3.37. The van der Waals surface area contributed by atoms with Crippen molar-refractivity contribution in [2.75, 3.05) is 0 Å². The van der Waals surface area contributed by atoms with Crippen LogP contribution in [0, 0.1) is 6.92 Å². The van der Waals surface area contributed by atoms with Gasteiger partial charge in [0.05, 0.1) is 5.69 Å².